The number of hydrogen-bond acceptors (Lipinski definition) is 4. The minimum atomic E-state index is 0.00683. The van der Waals surface area contributed by atoms with Gasteiger partial charge in [0.05, 0.1) is 19.3 Å². The summed E-state index contributed by atoms with van der Waals surface area (Å²) in [4.78, 5) is 28.9. The average molecular weight is 449 g/mol. The van der Waals surface area contributed by atoms with Gasteiger partial charge in [0.2, 0.25) is 11.8 Å². The van der Waals surface area contributed by atoms with Crippen LogP contribution in [-0.2, 0) is 14.3 Å². The zero-order chi connectivity index (χ0) is 22.9. The van der Waals surface area contributed by atoms with E-state index in [2.05, 4.69) is 0 Å². The summed E-state index contributed by atoms with van der Waals surface area (Å²) in [7, 11) is 0. The van der Waals surface area contributed by atoms with Gasteiger partial charge in [0, 0.05) is 44.6 Å². The standard InChI is InChI=1S/C27H32N2O4/c30-26(13-12-22-8-3-1-4-9-22)28-16-14-23(15-17-28)27(31)29-20-25(21-29)33-19-7-18-32-24-10-5-2-6-11-24/h1-6,8-13,23,25H,7,14-21H2/b13-12+. The van der Waals surface area contributed by atoms with Crippen LogP contribution in [0.1, 0.15) is 24.8 Å². The summed E-state index contributed by atoms with van der Waals surface area (Å²) in [5, 5.41) is 0. The topological polar surface area (TPSA) is 59.1 Å². The fourth-order valence-corrected chi connectivity index (χ4v) is 4.18. The molecule has 2 aliphatic rings. The van der Waals surface area contributed by atoms with Crippen LogP contribution in [0.3, 0.4) is 0 Å². The first kappa shape index (κ1) is 23.1. The molecule has 0 atom stereocenters. The van der Waals surface area contributed by atoms with E-state index < -0.39 is 0 Å². The number of hydrogen-bond donors (Lipinski definition) is 0. The molecule has 0 aromatic heterocycles. The second kappa shape index (κ2) is 11.7. The van der Waals surface area contributed by atoms with Gasteiger partial charge in [-0.2, -0.15) is 0 Å². The van der Waals surface area contributed by atoms with Crippen molar-refractivity contribution < 1.29 is 19.1 Å². The first-order valence-corrected chi connectivity index (χ1v) is 11.8. The van der Waals surface area contributed by atoms with Crippen LogP contribution in [0.25, 0.3) is 6.08 Å². The Morgan fingerprint density at radius 2 is 1.55 bits per heavy atom. The third-order valence-electron chi connectivity index (χ3n) is 6.19. The molecule has 2 amide bonds. The third-order valence-corrected chi connectivity index (χ3v) is 6.19. The summed E-state index contributed by atoms with van der Waals surface area (Å²) in [6.45, 7) is 3.84. The summed E-state index contributed by atoms with van der Waals surface area (Å²) >= 11 is 0. The molecule has 2 fully saturated rings. The van der Waals surface area contributed by atoms with Gasteiger partial charge in [-0.15, -0.1) is 0 Å². The van der Waals surface area contributed by atoms with Gasteiger partial charge >= 0.3 is 0 Å². The first-order valence-electron chi connectivity index (χ1n) is 11.8. The van der Waals surface area contributed by atoms with Gasteiger partial charge in [-0.3, -0.25) is 9.59 Å². The van der Waals surface area contributed by atoms with Gasteiger partial charge in [0.15, 0.2) is 0 Å². The summed E-state index contributed by atoms with van der Waals surface area (Å²) < 4.78 is 11.5. The highest BCUT2D eigenvalue weighted by molar-refractivity contribution is 5.92. The van der Waals surface area contributed by atoms with Gasteiger partial charge in [-0.05, 0) is 36.6 Å². The smallest absolute Gasteiger partial charge is 0.246 e. The quantitative estimate of drug-likeness (QED) is 0.434. The zero-order valence-corrected chi connectivity index (χ0v) is 19.0. The van der Waals surface area contributed by atoms with Crippen molar-refractivity contribution in [2.24, 2.45) is 5.92 Å². The molecular weight excluding hydrogens is 416 g/mol. The Hall–Kier alpha value is -3.12. The van der Waals surface area contributed by atoms with Crippen LogP contribution < -0.4 is 4.74 Å². The molecule has 174 valence electrons. The van der Waals surface area contributed by atoms with E-state index in [1.807, 2.05) is 76.5 Å². The summed E-state index contributed by atoms with van der Waals surface area (Å²) in [5.74, 6) is 1.10. The Kier molecular flexibility index (Phi) is 8.14. The first-order chi connectivity index (χ1) is 16.2. The molecule has 0 bridgehead atoms. The van der Waals surface area contributed by atoms with Crippen LogP contribution in [-0.4, -0.2) is 67.1 Å². The molecule has 6 heteroatoms. The van der Waals surface area contributed by atoms with Crippen molar-refractivity contribution >= 4 is 17.9 Å². The Labute approximate surface area is 195 Å². The number of nitrogens with zero attached hydrogens (tertiary/aromatic N) is 2. The zero-order valence-electron chi connectivity index (χ0n) is 19.0. The Morgan fingerprint density at radius 3 is 2.24 bits per heavy atom. The van der Waals surface area contributed by atoms with Crippen LogP contribution in [0.5, 0.6) is 5.75 Å². The number of para-hydroxylation sites is 1. The predicted molar refractivity (Wildman–Crippen MR) is 128 cm³/mol. The van der Waals surface area contributed by atoms with Crippen LogP contribution in [0.2, 0.25) is 0 Å². The number of carbonyl (C=O) groups is 2. The van der Waals surface area contributed by atoms with E-state index in [0.717, 1.165) is 30.6 Å². The van der Waals surface area contributed by atoms with Crippen molar-refractivity contribution in [2.45, 2.75) is 25.4 Å². The van der Waals surface area contributed by atoms with Crippen molar-refractivity contribution in [3.8, 4) is 5.75 Å². The highest BCUT2D eigenvalue weighted by atomic mass is 16.5. The van der Waals surface area contributed by atoms with Crippen molar-refractivity contribution in [3.05, 3.63) is 72.3 Å². The molecule has 0 N–H and O–H groups in total. The molecule has 0 aliphatic carbocycles. The molecule has 6 nitrogen and oxygen atoms in total. The lowest BCUT2D eigenvalue weighted by molar-refractivity contribution is -0.151. The van der Waals surface area contributed by atoms with Crippen molar-refractivity contribution in [2.75, 3.05) is 39.4 Å². The number of ether oxygens (including phenoxy) is 2. The lowest BCUT2D eigenvalue weighted by atomic mass is 9.93. The SMILES string of the molecule is O=C(/C=C/c1ccccc1)N1CCC(C(=O)N2CC(OCCCOc3ccccc3)C2)CC1. The number of carbonyl (C=O) groups excluding carboxylic acids is 2. The number of benzene rings is 2. The normalized spacial score (nSPS) is 17.2. The van der Waals surface area contributed by atoms with Crippen molar-refractivity contribution in [1.29, 1.82) is 0 Å². The number of likely N-dealkylation sites (tertiary alicyclic amines) is 2. The Morgan fingerprint density at radius 1 is 0.879 bits per heavy atom. The van der Waals surface area contributed by atoms with E-state index in [9.17, 15) is 9.59 Å². The molecule has 2 saturated heterocycles. The molecule has 2 aromatic carbocycles. The van der Waals surface area contributed by atoms with E-state index in [-0.39, 0.29) is 23.8 Å². The van der Waals surface area contributed by atoms with Crippen LogP contribution in [0.15, 0.2) is 66.7 Å². The molecule has 2 aliphatic heterocycles. The Bertz CT molecular complexity index is 918. The molecule has 0 spiro atoms. The fourth-order valence-electron chi connectivity index (χ4n) is 4.18. The molecule has 2 heterocycles. The molecule has 0 radical (unpaired) electrons. The maximum absolute atomic E-state index is 12.8. The second-order valence-electron chi connectivity index (χ2n) is 8.59. The Balaban J connectivity index is 1.09. The van der Waals surface area contributed by atoms with Crippen LogP contribution in [0.4, 0.5) is 0 Å². The van der Waals surface area contributed by atoms with E-state index in [4.69, 9.17) is 9.47 Å². The van der Waals surface area contributed by atoms with Crippen molar-refractivity contribution in [1.82, 2.24) is 9.80 Å². The van der Waals surface area contributed by atoms with Gasteiger partial charge in [-0.1, -0.05) is 48.5 Å². The second-order valence-corrected chi connectivity index (χ2v) is 8.59. The largest absolute Gasteiger partial charge is 0.494 e. The minimum Gasteiger partial charge on any atom is -0.494 e. The summed E-state index contributed by atoms with van der Waals surface area (Å²) in [6.07, 6.45) is 5.86. The molecule has 0 unspecified atom stereocenters. The molecule has 33 heavy (non-hydrogen) atoms. The van der Waals surface area contributed by atoms with E-state index >= 15 is 0 Å². The van der Waals surface area contributed by atoms with Crippen molar-refractivity contribution in [3.63, 3.8) is 0 Å². The molecule has 0 saturated carbocycles. The van der Waals surface area contributed by atoms with Gasteiger partial charge in [-0.25, -0.2) is 0 Å². The molecule has 4 rings (SSSR count). The molecular formula is C27H32N2O4. The van der Waals surface area contributed by atoms with E-state index in [1.54, 1.807) is 6.08 Å². The maximum atomic E-state index is 12.8. The highest BCUT2D eigenvalue weighted by Gasteiger charge is 2.36. The fraction of sp³-hybridized carbons (Fsp3) is 0.407. The highest BCUT2D eigenvalue weighted by Crippen LogP contribution is 2.24. The summed E-state index contributed by atoms with van der Waals surface area (Å²) in [5.41, 5.74) is 1.01. The van der Waals surface area contributed by atoms with Gasteiger partial charge in [0.1, 0.15) is 5.75 Å². The number of rotatable bonds is 9. The third kappa shape index (κ3) is 6.68. The lowest BCUT2D eigenvalue weighted by Gasteiger charge is -2.42. The monoisotopic (exact) mass is 448 g/mol. The average Bonchev–Trinajstić information content (AvgIpc) is 2.84. The van der Waals surface area contributed by atoms with Gasteiger partial charge in [0.25, 0.3) is 0 Å². The van der Waals surface area contributed by atoms with E-state index in [1.165, 1.54) is 0 Å². The number of piperidine rings is 1. The number of amides is 2. The lowest BCUT2D eigenvalue weighted by Crippen LogP contribution is -2.57. The summed E-state index contributed by atoms with van der Waals surface area (Å²) in [6, 6.07) is 19.6. The van der Waals surface area contributed by atoms with E-state index in [0.29, 0.717) is 39.4 Å². The van der Waals surface area contributed by atoms with Crippen LogP contribution >= 0.6 is 0 Å². The minimum absolute atomic E-state index is 0.00683. The molecule has 2 aromatic rings. The van der Waals surface area contributed by atoms with Gasteiger partial charge < -0.3 is 19.3 Å². The van der Waals surface area contributed by atoms with Crippen LogP contribution in [0, 0.1) is 5.92 Å². The predicted octanol–water partition coefficient (Wildman–Crippen LogP) is 3.63. The maximum Gasteiger partial charge on any atom is 0.246 e.